The number of hydrogen-bond donors (Lipinski definition) is 1. The van der Waals surface area contributed by atoms with Crippen molar-refractivity contribution in [3.63, 3.8) is 0 Å². The third-order valence-electron chi connectivity index (χ3n) is 2.46. The summed E-state index contributed by atoms with van der Waals surface area (Å²) in [7, 11) is 0. The van der Waals surface area contributed by atoms with Crippen LogP contribution in [0.15, 0.2) is 0 Å². The van der Waals surface area contributed by atoms with Crippen LogP contribution in [0.25, 0.3) is 0 Å². The van der Waals surface area contributed by atoms with E-state index in [1.165, 1.54) is 37.2 Å². The van der Waals surface area contributed by atoms with E-state index in [1.807, 2.05) is 0 Å². The Balaban J connectivity index is 1.99. The van der Waals surface area contributed by atoms with E-state index < -0.39 is 0 Å². The molecule has 11 heavy (non-hydrogen) atoms. The highest BCUT2D eigenvalue weighted by Gasteiger charge is 2.20. The van der Waals surface area contributed by atoms with Crippen LogP contribution in [-0.2, 0) is 0 Å². The molecule has 0 spiro atoms. The van der Waals surface area contributed by atoms with Crippen LogP contribution in [0.4, 0.5) is 0 Å². The summed E-state index contributed by atoms with van der Waals surface area (Å²) in [5.41, 5.74) is 5.82. The molecular weight excluding hydrogens is 154 g/mol. The highest BCUT2D eigenvalue weighted by molar-refractivity contribution is 7.99. The zero-order valence-corrected chi connectivity index (χ0v) is 8.20. The van der Waals surface area contributed by atoms with Gasteiger partial charge in [-0.15, -0.1) is 0 Å². The smallest absolute Gasteiger partial charge is 0.00415 e. The zero-order chi connectivity index (χ0) is 8.10. The zero-order valence-electron chi connectivity index (χ0n) is 7.38. The van der Waals surface area contributed by atoms with E-state index in [-0.39, 0.29) is 0 Å². The summed E-state index contributed by atoms with van der Waals surface area (Å²) < 4.78 is 0. The Morgan fingerprint density at radius 3 is 2.82 bits per heavy atom. The van der Waals surface area contributed by atoms with Crippen molar-refractivity contribution in [2.24, 2.45) is 11.7 Å². The minimum atomic E-state index is 0.520. The molecule has 1 aliphatic carbocycles. The van der Waals surface area contributed by atoms with E-state index in [0.717, 1.165) is 5.92 Å². The van der Waals surface area contributed by atoms with Gasteiger partial charge in [0, 0.05) is 6.04 Å². The quantitative estimate of drug-likeness (QED) is 0.660. The lowest BCUT2D eigenvalue weighted by atomic mass is 10.1. The second kappa shape index (κ2) is 5.04. The lowest BCUT2D eigenvalue weighted by molar-refractivity contribution is 0.524. The van der Waals surface area contributed by atoms with E-state index in [2.05, 4.69) is 18.7 Å². The summed E-state index contributed by atoms with van der Waals surface area (Å²) in [6, 6.07) is 0.520. The maximum atomic E-state index is 5.82. The molecule has 0 aliphatic heterocycles. The van der Waals surface area contributed by atoms with Gasteiger partial charge in [-0.25, -0.2) is 0 Å². The van der Waals surface area contributed by atoms with Gasteiger partial charge in [0.1, 0.15) is 0 Å². The molecule has 1 saturated carbocycles. The average Bonchev–Trinajstić information content (AvgIpc) is 2.37. The van der Waals surface area contributed by atoms with Gasteiger partial charge >= 0.3 is 0 Å². The fourth-order valence-corrected chi connectivity index (χ4v) is 2.56. The predicted octanol–water partition coefficient (Wildman–Crippen LogP) is 2.26. The second-order valence-electron chi connectivity index (χ2n) is 3.42. The Bertz CT molecular complexity index is 106. The van der Waals surface area contributed by atoms with Gasteiger partial charge in [-0.1, -0.05) is 6.92 Å². The van der Waals surface area contributed by atoms with Crippen molar-refractivity contribution in [1.82, 2.24) is 0 Å². The van der Waals surface area contributed by atoms with E-state index in [4.69, 9.17) is 5.73 Å². The Kier molecular flexibility index (Phi) is 4.31. The van der Waals surface area contributed by atoms with Crippen LogP contribution in [-0.4, -0.2) is 17.5 Å². The summed E-state index contributed by atoms with van der Waals surface area (Å²) >= 11 is 2.06. The van der Waals surface area contributed by atoms with Crippen molar-refractivity contribution in [3.05, 3.63) is 0 Å². The summed E-state index contributed by atoms with van der Waals surface area (Å²) in [4.78, 5) is 0. The van der Waals surface area contributed by atoms with Crippen molar-refractivity contribution < 1.29 is 0 Å². The van der Waals surface area contributed by atoms with E-state index in [1.54, 1.807) is 0 Å². The molecule has 0 saturated heterocycles. The van der Waals surface area contributed by atoms with E-state index in [9.17, 15) is 0 Å². The average molecular weight is 173 g/mol. The van der Waals surface area contributed by atoms with Gasteiger partial charge in [-0.05, 0) is 43.1 Å². The first-order valence-electron chi connectivity index (χ1n) is 4.66. The van der Waals surface area contributed by atoms with Crippen LogP contribution >= 0.6 is 11.8 Å². The molecule has 0 bridgehead atoms. The predicted molar refractivity (Wildman–Crippen MR) is 52.9 cm³/mol. The summed E-state index contributed by atoms with van der Waals surface area (Å²) in [5, 5.41) is 0. The van der Waals surface area contributed by atoms with Gasteiger partial charge in [0.15, 0.2) is 0 Å². The molecule has 2 N–H and O–H groups in total. The summed E-state index contributed by atoms with van der Waals surface area (Å²) in [6.07, 6.45) is 5.32. The van der Waals surface area contributed by atoms with Crippen molar-refractivity contribution in [2.45, 2.75) is 38.6 Å². The topological polar surface area (TPSA) is 26.0 Å². The van der Waals surface area contributed by atoms with Gasteiger partial charge in [0.25, 0.3) is 0 Å². The maximum absolute atomic E-state index is 5.82. The molecule has 0 aromatic rings. The molecule has 0 heterocycles. The number of rotatable bonds is 4. The molecular formula is C9H19NS. The molecule has 2 heteroatoms. The van der Waals surface area contributed by atoms with E-state index in [0.29, 0.717) is 6.04 Å². The van der Waals surface area contributed by atoms with Crippen LogP contribution in [0.5, 0.6) is 0 Å². The van der Waals surface area contributed by atoms with Crippen LogP contribution in [0.1, 0.15) is 32.6 Å². The molecule has 0 radical (unpaired) electrons. The van der Waals surface area contributed by atoms with Crippen LogP contribution in [0.2, 0.25) is 0 Å². The largest absolute Gasteiger partial charge is 0.328 e. The summed E-state index contributed by atoms with van der Waals surface area (Å²) in [6.45, 7) is 2.23. The molecule has 1 aliphatic rings. The van der Waals surface area contributed by atoms with Gasteiger partial charge in [-0.2, -0.15) is 11.8 Å². The Labute approximate surface area is 74.1 Å². The van der Waals surface area contributed by atoms with E-state index >= 15 is 0 Å². The van der Waals surface area contributed by atoms with Gasteiger partial charge in [0.2, 0.25) is 0 Å². The Hall–Kier alpha value is 0.310. The standard InChI is InChI=1S/C9H19NS/c1-2-11-6-5-8-3-4-9(10)7-8/h8-9H,2-7,10H2,1H3. The molecule has 1 nitrogen and oxygen atoms in total. The van der Waals surface area contributed by atoms with Crippen LogP contribution in [0, 0.1) is 5.92 Å². The third-order valence-corrected chi connectivity index (χ3v) is 3.39. The second-order valence-corrected chi connectivity index (χ2v) is 4.82. The Morgan fingerprint density at radius 1 is 1.45 bits per heavy atom. The monoisotopic (exact) mass is 173 g/mol. The number of nitrogens with two attached hydrogens (primary N) is 1. The lowest BCUT2D eigenvalue weighted by Crippen LogP contribution is -2.14. The molecule has 2 atom stereocenters. The molecule has 1 rings (SSSR count). The lowest BCUT2D eigenvalue weighted by Gasteiger charge is -2.07. The van der Waals surface area contributed by atoms with Crippen molar-refractivity contribution in [3.8, 4) is 0 Å². The third kappa shape index (κ3) is 3.48. The minimum absolute atomic E-state index is 0.520. The maximum Gasteiger partial charge on any atom is 0.00415 e. The first-order valence-corrected chi connectivity index (χ1v) is 5.81. The van der Waals surface area contributed by atoms with Gasteiger partial charge in [-0.3, -0.25) is 0 Å². The van der Waals surface area contributed by atoms with Gasteiger partial charge < -0.3 is 5.73 Å². The first kappa shape index (κ1) is 9.40. The molecule has 0 aromatic heterocycles. The first-order chi connectivity index (χ1) is 5.33. The van der Waals surface area contributed by atoms with Crippen LogP contribution in [0.3, 0.4) is 0 Å². The number of hydrogen-bond acceptors (Lipinski definition) is 2. The summed E-state index contributed by atoms with van der Waals surface area (Å²) in [5.74, 6) is 3.55. The van der Waals surface area contributed by atoms with Crippen molar-refractivity contribution in [2.75, 3.05) is 11.5 Å². The van der Waals surface area contributed by atoms with Crippen molar-refractivity contribution in [1.29, 1.82) is 0 Å². The minimum Gasteiger partial charge on any atom is -0.328 e. The SMILES string of the molecule is CCSCCC1CCC(N)C1. The number of thioether (sulfide) groups is 1. The molecule has 1 fully saturated rings. The van der Waals surface area contributed by atoms with Crippen LogP contribution < -0.4 is 5.73 Å². The van der Waals surface area contributed by atoms with Gasteiger partial charge in [0.05, 0.1) is 0 Å². The normalized spacial score (nSPS) is 31.1. The molecule has 2 unspecified atom stereocenters. The molecule has 0 amide bonds. The fraction of sp³-hybridized carbons (Fsp3) is 1.00. The fourth-order valence-electron chi connectivity index (χ4n) is 1.77. The molecule has 66 valence electrons. The molecule has 0 aromatic carbocycles. The highest BCUT2D eigenvalue weighted by Crippen LogP contribution is 2.27. The Morgan fingerprint density at radius 2 is 2.27 bits per heavy atom. The highest BCUT2D eigenvalue weighted by atomic mass is 32.2. The van der Waals surface area contributed by atoms with Crippen molar-refractivity contribution >= 4 is 11.8 Å².